The number of fused-ring (bicyclic) bond motifs is 1. The zero-order valence-electron chi connectivity index (χ0n) is 11.3. The number of carbonyl (C=O) groups is 1. The van der Waals surface area contributed by atoms with Gasteiger partial charge in [0.2, 0.25) is 0 Å². The van der Waals surface area contributed by atoms with Crippen LogP contribution in [0.2, 0.25) is 0 Å². The van der Waals surface area contributed by atoms with Crippen molar-refractivity contribution in [3.05, 3.63) is 64.7 Å². The Kier molecular flexibility index (Phi) is 3.35. The van der Waals surface area contributed by atoms with Gasteiger partial charge in [-0.15, -0.1) is 0 Å². The molecule has 0 spiro atoms. The number of pyridine rings is 1. The number of hydrogen-bond donors (Lipinski definition) is 0. The third-order valence-electron chi connectivity index (χ3n) is 4.15. The van der Waals surface area contributed by atoms with Crippen molar-refractivity contribution in [2.24, 2.45) is 0 Å². The second kappa shape index (κ2) is 5.16. The summed E-state index contributed by atoms with van der Waals surface area (Å²) >= 11 is 0. The minimum absolute atomic E-state index is 0.109. The van der Waals surface area contributed by atoms with Crippen molar-refractivity contribution < 1.29 is 9.18 Å². The molecule has 2 unspecified atom stereocenters. The molecule has 2 atom stereocenters. The van der Waals surface area contributed by atoms with Gasteiger partial charge in [-0.3, -0.25) is 4.98 Å². The molecule has 0 bridgehead atoms. The average Bonchev–Trinajstić information content (AvgIpc) is 2.47. The Labute approximate surface area is 117 Å². The van der Waals surface area contributed by atoms with E-state index in [1.807, 2.05) is 25.1 Å². The van der Waals surface area contributed by atoms with Crippen LogP contribution in [0.4, 0.5) is 4.39 Å². The second-order valence-corrected chi connectivity index (χ2v) is 5.42. The Bertz CT molecular complexity index is 636. The highest BCUT2D eigenvalue weighted by atomic mass is 19.1. The lowest BCUT2D eigenvalue weighted by Crippen LogP contribution is -2.20. The molecule has 2 aromatic rings. The molecule has 0 amide bonds. The number of aldehydes is 1. The minimum Gasteiger partial charge on any atom is -0.303 e. The van der Waals surface area contributed by atoms with Crippen LogP contribution < -0.4 is 0 Å². The lowest BCUT2D eigenvalue weighted by atomic mass is 9.75. The van der Waals surface area contributed by atoms with Crippen molar-refractivity contribution in [2.75, 3.05) is 0 Å². The first-order valence-corrected chi connectivity index (χ1v) is 6.84. The van der Waals surface area contributed by atoms with E-state index < -0.39 is 0 Å². The Morgan fingerprint density at radius 1 is 1.25 bits per heavy atom. The van der Waals surface area contributed by atoms with Gasteiger partial charge in [0.15, 0.2) is 0 Å². The van der Waals surface area contributed by atoms with Gasteiger partial charge >= 0.3 is 0 Å². The van der Waals surface area contributed by atoms with Crippen LogP contribution in [0.5, 0.6) is 0 Å². The molecule has 20 heavy (non-hydrogen) atoms. The van der Waals surface area contributed by atoms with E-state index in [4.69, 9.17) is 0 Å². The molecule has 0 N–H and O–H groups in total. The maximum atomic E-state index is 13.0. The molecule has 1 heterocycles. The molecule has 3 rings (SSSR count). The number of aromatic nitrogens is 1. The Hall–Kier alpha value is -2.03. The lowest BCUT2D eigenvalue weighted by Gasteiger charge is -2.29. The highest BCUT2D eigenvalue weighted by molar-refractivity contribution is 5.65. The molecule has 1 aliphatic carbocycles. The maximum Gasteiger partial charge on any atom is 0.127 e. The van der Waals surface area contributed by atoms with E-state index in [0.717, 1.165) is 41.5 Å². The summed E-state index contributed by atoms with van der Waals surface area (Å²) in [5.41, 5.74) is 4.29. The van der Waals surface area contributed by atoms with Gasteiger partial charge in [-0.2, -0.15) is 0 Å². The molecule has 0 fully saturated rings. The predicted molar refractivity (Wildman–Crippen MR) is 75.2 cm³/mol. The van der Waals surface area contributed by atoms with Gasteiger partial charge in [0, 0.05) is 17.8 Å². The number of hydrogen-bond acceptors (Lipinski definition) is 2. The van der Waals surface area contributed by atoms with Crippen LogP contribution in [0.3, 0.4) is 0 Å². The summed E-state index contributed by atoms with van der Waals surface area (Å²) in [5.74, 6) is -0.110. The summed E-state index contributed by atoms with van der Waals surface area (Å²) in [4.78, 5) is 15.9. The molecule has 0 saturated carbocycles. The van der Waals surface area contributed by atoms with Crippen LogP contribution in [-0.4, -0.2) is 11.3 Å². The van der Waals surface area contributed by atoms with E-state index in [0.29, 0.717) is 0 Å². The van der Waals surface area contributed by atoms with Gasteiger partial charge in [0.05, 0.1) is 0 Å². The molecule has 0 aliphatic heterocycles. The van der Waals surface area contributed by atoms with E-state index in [1.165, 1.54) is 12.1 Å². The van der Waals surface area contributed by atoms with E-state index in [1.54, 1.807) is 6.20 Å². The summed E-state index contributed by atoms with van der Waals surface area (Å²) in [7, 11) is 0. The number of carbonyl (C=O) groups excluding carboxylic acids is 1. The molecular weight excluding hydrogens is 253 g/mol. The Morgan fingerprint density at radius 3 is 2.70 bits per heavy atom. The van der Waals surface area contributed by atoms with Crippen LogP contribution in [0.25, 0.3) is 0 Å². The fourth-order valence-electron chi connectivity index (χ4n) is 3.15. The molecule has 0 radical (unpaired) electrons. The number of rotatable bonds is 2. The van der Waals surface area contributed by atoms with E-state index >= 15 is 0 Å². The van der Waals surface area contributed by atoms with Gasteiger partial charge in [0.1, 0.15) is 12.1 Å². The minimum atomic E-state index is -0.231. The van der Waals surface area contributed by atoms with Crippen molar-refractivity contribution in [2.45, 2.75) is 31.6 Å². The Balaban J connectivity index is 1.99. The zero-order chi connectivity index (χ0) is 14.1. The third kappa shape index (κ3) is 2.24. The van der Waals surface area contributed by atoms with Crippen molar-refractivity contribution >= 4 is 6.29 Å². The summed E-state index contributed by atoms with van der Waals surface area (Å²) < 4.78 is 13.0. The molecular formula is C17H16FNO. The second-order valence-electron chi connectivity index (χ2n) is 5.42. The molecule has 3 heteroatoms. The molecule has 1 aliphatic rings. The average molecular weight is 269 g/mol. The molecule has 1 aromatic carbocycles. The summed E-state index contributed by atoms with van der Waals surface area (Å²) in [6, 6.07) is 8.52. The molecule has 2 nitrogen and oxygen atoms in total. The number of aryl methyl sites for hydroxylation is 1. The first-order chi connectivity index (χ1) is 9.69. The summed E-state index contributed by atoms with van der Waals surface area (Å²) in [6.07, 6.45) is 4.40. The summed E-state index contributed by atoms with van der Waals surface area (Å²) in [6.45, 7) is 2.02. The Morgan fingerprint density at radius 2 is 2.00 bits per heavy atom. The van der Waals surface area contributed by atoms with Gasteiger partial charge in [-0.25, -0.2) is 4.39 Å². The van der Waals surface area contributed by atoms with Gasteiger partial charge in [-0.1, -0.05) is 12.1 Å². The van der Waals surface area contributed by atoms with Crippen LogP contribution in [-0.2, 0) is 11.2 Å². The van der Waals surface area contributed by atoms with Gasteiger partial charge < -0.3 is 4.79 Å². The van der Waals surface area contributed by atoms with Crippen molar-refractivity contribution in [3.8, 4) is 0 Å². The van der Waals surface area contributed by atoms with Crippen LogP contribution in [0.1, 0.15) is 40.6 Å². The first kappa shape index (κ1) is 13.0. The largest absolute Gasteiger partial charge is 0.303 e. The van der Waals surface area contributed by atoms with Crippen LogP contribution in [0, 0.1) is 12.7 Å². The van der Waals surface area contributed by atoms with E-state index in [9.17, 15) is 9.18 Å². The van der Waals surface area contributed by atoms with Crippen LogP contribution >= 0.6 is 0 Å². The lowest BCUT2D eigenvalue weighted by molar-refractivity contribution is -0.109. The van der Waals surface area contributed by atoms with E-state index in [2.05, 4.69) is 4.98 Å². The molecule has 1 aromatic heterocycles. The topological polar surface area (TPSA) is 30.0 Å². The molecule has 102 valence electrons. The standard InChI is InChI=1S/C17H16FNO/c1-11-6-7-19-16-9-13(8-14(10-20)17(11)16)12-2-4-15(18)5-3-12/h2-7,10,13-14H,8-9H2,1H3. The first-order valence-electron chi connectivity index (χ1n) is 6.84. The zero-order valence-corrected chi connectivity index (χ0v) is 11.3. The van der Waals surface area contributed by atoms with Gasteiger partial charge in [0.25, 0.3) is 0 Å². The fourth-order valence-corrected chi connectivity index (χ4v) is 3.15. The van der Waals surface area contributed by atoms with Crippen molar-refractivity contribution in [1.82, 2.24) is 4.98 Å². The SMILES string of the molecule is Cc1ccnc2c1C(C=O)CC(c1ccc(F)cc1)C2. The summed E-state index contributed by atoms with van der Waals surface area (Å²) in [5, 5.41) is 0. The monoisotopic (exact) mass is 269 g/mol. The normalized spacial score (nSPS) is 21.3. The molecule has 0 saturated heterocycles. The highest BCUT2D eigenvalue weighted by Crippen LogP contribution is 2.39. The highest BCUT2D eigenvalue weighted by Gasteiger charge is 2.29. The van der Waals surface area contributed by atoms with Crippen LogP contribution in [0.15, 0.2) is 36.5 Å². The van der Waals surface area contributed by atoms with Crippen molar-refractivity contribution in [3.63, 3.8) is 0 Å². The van der Waals surface area contributed by atoms with Gasteiger partial charge in [-0.05, 0) is 60.6 Å². The quantitative estimate of drug-likeness (QED) is 0.780. The predicted octanol–water partition coefficient (Wildman–Crippen LogP) is 3.54. The smallest absolute Gasteiger partial charge is 0.127 e. The number of benzene rings is 1. The number of halogens is 1. The number of nitrogens with zero attached hydrogens (tertiary/aromatic N) is 1. The fraction of sp³-hybridized carbons (Fsp3) is 0.294. The van der Waals surface area contributed by atoms with E-state index in [-0.39, 0.29) is 17.7 Å². The van der Waals surface area contributed by atoms with Crippen molar-refractivity contribution in [1.29, 1.82) is 0 Å². The third-order valence-corrected chi connectivity index (χ3v) is 4.15. The maximum absolute atomic E-state index is 13.0.